The molecule has 5 rings (SSSR count). The van der Waals surface area contributed by atoms with Gasteiger partial charge < -0.3 is 9.84 Å². The summed E-state index contributed by atoms with van der Waals surface area (Å²) in [5.41, 5.74) is 0.580. The maximum atomic E-state index is 14.3. The SMILES string of the molecule is COC(=O)CSc1cc(/N=c2\sc(=O)n3n2CCCC3)c(F)cc1Cl.O=C(O)Cn1c(=O)sc2cccc(Cl)c21. The molecule has 0 saturated heterocycles. The normalized spacial score (nSPS) is 13.1. The Labute approximate surface area is 247 Å². The Bertz CT molecular complexity index is 1770. The summed E-state index contributed by atoms with van der Waals surface area (Å²) in [5.74, 6) is -1.98. The topological polar surface area (TPSA) is 125 Å². The van der Waals surface area contributed by atoms with E-state index in [-0.39, 0.29) is 32.8 Å². The van der Waals surface area contributed by atoms with Crippen molar-refractivity contribution in [3.05, 3.63) is 70.3 Å². The van der Waals surface area contributed by atoms with E-state index in [1.54, 1.807) is 27.6 Å². The third kappa shape index (κ3) is 6.86. The van der Waals surface area contributed by atoms with Crippen LogP contribution < -0.4 is 14.5 Å². The average Bonchev–Trinajstić information content (AvgIpc) is 3.41. The number of ether oxygens (including phenoxy) is 1. The molecule has 10 nitrogen and oxygen atoms in total. The van der Waals surface area contributed by atoms with Gasteiger partial charge in [-0.3, -0.25) is 28.4 Å². The molecular formula is C24H21Cl2FN4O6S3. The van der Waals surface area contributed by atoms with E-state index in [2.05, 4.69) is 9.73 Å². The third-order valence-electron chi connectivity index (χ3n) is 5.61. The van der Waals surface area contributed by atoms with Gasteiger partial charge >= 0.3 is 21.7 Å². The fourth-order valence-electron chi connectivity index (χ4n) is 3.79. The molecule has 0 fully saturated rings. The molecule has 0 radical (unpaired) electrons. The molecule has 16 heteroatoms. The van der Waals surface area contributed by atoms with Crippen molar-refractivity contribution >= 4 is 85.5 Å². The fraction of sp³-hybridized carbons (Fsp3) is 0.292. The molecule has 4 aromatic rings. The van der Waals surface area contributed by atoms with Gasteiger partial charge in [-0.1, -0.05) is 40.6 Å². The van der Waals surface area contributed by atoms with Crippen molar-refractivity contribution in [1.29, 1.82) is 0 Å². The van der Waals surface area contributed by atoms with Crippen molar-refractivity contribution in [2.24, 2.45) is 4.99 Å². The number of hydrogen-bond acceptors (Lipinski definition) is 9. The molecule has 1 N–H and O–H groups in total. The second kappa shape index (κ2) is 13.2. The van der Waals surface area contributed by atoms with Gasteiger partial charge in [-0.2, -0.15) is 0 Å². The highest BCUT2D eigenvalue weighted by atomic mass is 35.5. The number of rotatable bonds is 6. The minimum absolute atomic E-state index is 0.0605. The Morgan fingerprint density at radius 1 is 1.10 bits per heavy atom. The van der Waals surface area contributed by atoms with E-state index < -0.39 is 17.8 Å². The van der Waals surface area contributed by atoms with Crippen molar-refractivity contribution in [2.75, 3.05) is 12.9 Å². The van der Waals surface area contributed by atoms with Crippen molar-refractivity contribution in [2.45, 2.75) is 37.4 Å². The largest absolute Gasteiger partial charge is 0.480 e. The molecule has 2 aromatic carbocycles. The summed E-state index contributed by atoms with van der Waals surface area (Å²) in [7, 11) is 1.30. The standard InChI is InChI=1S/C15H15ClFN3O3S2.C9H6ClNO3S/c1-23-13(21)8-24-12-7-11(10(17)6-9(12)16)18-14-19-4-2-3-5-20(19)15(22)25-14;10-5-2-1-3-6-8(5)11(4-7(12)13)9(14)15-6/h6-7H,2-5,8H2,1H3;1-3H,4H2,(H,12,13)/b18-14-;. The Kier molecular flexibility index (Phi) is 9.90. The molecule has 0 spiro atoms. The molecule has 1 aliphatic heterocycles. The number of benzene rings is 2. The summed E-state index contributed by atoms with van der Waals surface area (Å²) < 4.78 is 24.1. The lowest BCUT2D eigenvalue weighted by Crippen LogP contribution is -2.31. The lowest BCUT2D eigenvalue weighted by molar-refractivity contribution is -0.138. The van der Waals surface area contributed by atoms with E-state index >= 15 is 0 Å². The Morgan fingerprint density at radius 2 is 1.82 bits per heavy atom. The number of carboxylic acid groups (broad SMARTS) is 1. The van der Waals surface area contributed by atoms with Crippen LogP contribution in [0.4, 0.5) is 10.1 Å². The number of thiazole rings is 1. The predicted octanol–water partition coefficient (Wildman–Crippen LogP) is 4.60. The van der Waals surface area contributed by atoms with Crippen molar-refractivity contribution in [3.63, 3.8) is 0 Å². The molecule has 0 bridgehead atoms. The summed E-state index contributed by atoms with van der Waals surface area (Å²) in [6.07, 6.45) is 1.90. The Balaban J connectivity index is 0.000000210. The maximum absolute atomic E-state index is 14.3. The van der Waals surface area contributed by atoms with Crippen LogP contribution in [-0.2, 0) is 34.0 Å². The van der Waals surface area contributed by atoms with Crippen molar-refractivity contribution in [1.82, 2.24) is 13.9 Å². The van der Waals surface area contributed by atoms with Crippen LogP contribution in [0.1, 0.15) is 12.8 Å². The summed E-state index contributed by atoms with van der Waals surface area (Å²) in [5, 5.41) is 9.26. The zero-order valence-corrected chi connectivity index (χ0v) is 24.7. The van der Waals surface area contributed by atoms with Gasteiger partial charge in [-0.05, 0) is 48.4 Å². The van der Waals surface area contributed by atoms with E-state index in [0.717, 1.165) is 53.3 Å². The number of esters is 1. The van der Waals surface area contributed by atoms with Crippen LogP contribution in [0.25, 0.3) is 10.2 Å². The molecule has 2 aromatic heterocycles. The van der Waals surface area contributed by atoms with Crippen LogP contribution in [0.2, 0.25) is 10.0 Å². The number of halogens is 3. The third-order valence-corrected chi connectivity index (χ3v) is 9.19. The number of carboxylic acids is 1. The first kappa shape index (κ1) is 30.1. The second-order valence-electron chi connectivity index (χ2n) is 8.25. The molecule has 40 heavy (non-hydrogen) atoms. The highest BCUT2D eigenvalue weighted by Crippen LogP contribution is 2.33. The number of aliphatic carboxylic acids is 1. The molecule has 0 unspecified atom stereocenters. The van der Waals surface area contributed by atoms with Gasteiger partial charge in [-0.15, -0.1) is 11.8 Å². The number of thioether (sulfide) groups is 1. The van der Waals surface area contributed by atoms with Crippen LogP contribution >= 0.6 is 57.6 Å². The van der Waals surface area contributed by atoms with Gasteiger partial charge in [0.15, 0.2) is 0 Å². The average molecular weight is 648 g/mol. The number of para-hydroxylation sites is 1. The molecule has 212 valence electrons. The lowest BCUT2D eigenvalue weighted by Gasteiger charge is -2.15. The Hall–Kier alpha value is -2.91. The first-order valence-corrected chi connectivity index (χ1v) is 15.0. The van der Waals surface area contributed by atoms with Gasteiger partial charge in [0.25, 0.3) is 0 Å². The van der Waals surface area contributed by atoms with Crippen LogP contribution in [0.3, 0.4) is 0 Å². The van der Waals surface area contributed by atoms with Crippen LogP contribution in [0, 0.1) is 5.82 Å². The monoisotopic (exact) mass is 646 g/mol. The summed E-state index contributed by atoms with van der Waals surface area (Å²) in [6, 6.07) is 7.75. The van der Waals surface area contributed by atoms with Crippen LogP contribution in [0.15, 0.2) is 49.8 Å². The highest BCUT2D eigenvalue weighted by molar-refractivity contribution is 8.00. The minimum Gasteiger partial charge on any atom is -0.480 e. The molecular weight excluding hydrogens is 626 g/mol. The molecule has 3 heterocycles. The molecule has 0 saturated carbocycles. The predicted molar refractivity (Wildman–Crippen MR) is 154 cm³/mol. The van der Waals surface area contributed by atoms with E-state index in [0.29, 0.717) is 38.0 Å². The van der Waals surface area contributed by atoms with Gasteiger partial charge in [0, 0.05) is 18.0 Å². The quantitative estimate of drug-likeness (QED) is 0.240. The Morgan fingerprint density at radius 3 is 2.52 bits per heavy atom. The first-order chi connectivity index (χ1) is 19.1. The second-order valence-corrected chi connectivity index (χ2v) is 12.0. The number of methoxy groups -OCH3 is 1. The zero-order valence-electron chi connectivity index (χ0n) is 20.8. The summed E-state index contributed by atoms with van der Waals surface area (Å²) in [4.78, 5) is 50.3. The number of hydrogen-bond donors (Lipinski definition) is 1. The number of fused-ring (bicyclic) bond motifs is 2. The maximum Gasteiger partial charge on any atom is 0.325 e. The lowest BCUT2D eigenvalue weighted by atomic mass is 10.3. The smallest absolute Gasteiger partial charge is 0.325 e. The number of carbonyl (C=O) groups excluding carboxylic acids is 1. The van der Waals surface area contributed by atoms with E-state index in [9.17, 15) is 23.6 Å². The van der Waals surface area contributed by atoms with Gasteiger partial charge in [-0.25, -0.2) is 14.1 Å². The fourth-order valence-corrected chi connectivity index (χ4v) is 7.03. The van der Waals surface area contributed by atoms with Crippen LogP contribution in [-0.4, -0.2) is 43.8 Å². The number of carbonyl (C=O) groups is 2. The molecule has 1 aliphatic rings. The molecule has 0 atom stereocenters. The van der Waals surface area contributed by atoms with E-state index in [1.165, 1.54) is 17.7 Å². The highest BCUT2D eigenvalue weighted by Gasteiger charge is 2.16. The zero-order chi connectivity index (χ0) is 29.0. The first-order valence-electron chi connectivity index (χ1n) is 11.6. The van der Waals surface area contributed by atoms with E-state index in [1.807, 2.05) is 0 Å². The minimum atomic E-state index is -1.06. The van der Waals surface area contributed by atoms with Crippen LogP contribution in [0.5, 0.6) is 0 Å². The van der Waals surface area contributed by atoms with Crippen molar-refractivity contribution < 1.29 is 23.8 Å². The van der Waals surface area contributed by atoms with Crippen molar-refractivity contribution in [3.8, 4) is 0 Å². The summed E-state index contributed by atoms with van der Waals surface area (Å²) >= 11 is 15.1. The molecule has 0 aliphatic carbocycles. The van der Waals surface area contributed by atoms with E-state index in [4.69, 9.17) is 28.3 Å². The van der Waals surface area contributed by atoms with Gasteiger partial charge in [0.05, 0.1) is 33.1 Å². The molecule has 0 amide bonds. The summed E-state index contributed by atoms with van der Waals surface area (Å²) in [6.45, 7) is 0.966. The van der Waals surface area contributed by atoms with Gasteiger partial charge in [0.2, 0.25) is 4.80 Å². The number of aromatic nitrogens is 3. The van der Waals surface area contributed by atoms with Gasteiger partial charge in [0.1, 0.15) is 18.0 Å². The number of nitrogens with zero attached hydrogens (tertiary/aromatic N) is 4.